The molecule has 0 fully saturated rings. The Balaban J connectivity index is 1.60. The molecule has 1 aliphatic heterocycles. The second-order valence-corrected chi connectivity index (χ2v) is 7.61. The lowest BCUT2D eigenvalue weighted by Gasteiger charge is -2.32. The molecule has 0 radical (unpaired) electrons. The summed E-state index contributed by atoms with van der Waals surface area (Å²) in [6.45, 7) is 6.43. The molecule has 9 nitrogen and oxygen atoms in total. The van der Waals surface area contributed by atoms with E-state index in [0.29, 0.717) is 18.9 Å². The average molecular weight is 391 g/mol. The molecule has 0 aliphatic carbocycles. The summed E-state index contributed by atoms with van der Waals surface area (Å²) in [4.78, 5) is 22.7. The van der Waals surface area contributed by atoms with E-state index >= 15 is 0 Å². The largest absolute Gasteiger partial charge is 0.417 e. The molecule has 1 aliphatic rings. The number of aryl methyl sites for hydroxylation is 1. The molecule has 9 heteroatoms. The topological polar surface area (TPSA) is 105 Å². The van der Waals surface area contributed by atoms with E-state index in [-0.39, 0.29) is 17.7 Å². The average Bonchev–Trinajstić information content (AvgIpc) is 3.44. The minimum absolute atomic E-state index is 0.00219. The standard InChI is InChI=1S/C20H21N7O2/c1-11(2)18-23-24-19(29-18)20(28)26-8-6-13-16(22-10-21-13)17(26)14-9-15-12(3)5-4-7-27(15)25-14/h4-5,7,9-11,17H,6,8H2,1-3H3,(H,21,22)/t17-/m1/s1. The number of nitrogens with one attached hydrogen (secondary N) is 1. The summed E-state index contributed by atoms with van der Waals surface area (Å²) in [6, 6.07) is 5.58. The van der Waals surface area contributed by atoms with Crippen molar-refractivity contribution in [3.8, 4) is 0 Å². The monoisotopic (exact) mass is 391 g/mol. The van der Waals surface area contributed by atoms with Gasteiger partial charge in [-0.05, 0) is 24.6 Å². The molecule has 1 N–H and O–H groups in total. The number of fused-ring (bicyclic) bond motifs is 2. The summed E-state index contributed by atoms with van der Waals surface area (Å²) in [5.41, 5.74) is 4.68. The fourth-order valence-corrected chi connectivity index (χ4v) is 3.78. The van der Waals surface area contributed by atoms with Crippen molar-refractivity contribution >= 4 is 11.4 Å². The number of hydrogen-bond acceptors (Lipinski definition) is 6. The first kappa shape index (κ1) is 17.6. The van der Waals surface area contributed by atoms with Crippen LogP contribution in [0.15, 0.2) is 35.1 Å². The van der Waals surface area contributed by atoms with Crippen LogP contribution in [0.1, 0.15) is 65.0 Å². The molecular weight excluding hydrogens is 370 g/mol. The fraction of sp³-hybridized carbons (Fsp3) is 0.350. The molecule has 5 heterocycles. The van der Waals surface area contributed by atoms with Gasteiger partial charge in [0.2, 0.25) is 5.89 Å². The van der Waals surface area contributed by atoms with Crippen LogP contribution in [-0.4, -0.2) is 47.1 Å². The molecule has 0 aromatic carbocycles. The Morgan fingerprint density at radius 1 is 1.34 bits per heavy atom. The van der Waals surface area contributed by atoms with Crippen molar-refractivity contribution in [3.05, 3.63) is 65.1 Å². The van der Waals surface area contributed by atoms with Crippen LogP contribution in [0, 0.1) is 6.92 Å². The zero-order chi connectivity index (χ0) is 20.1. The van der Waals surface area contributed by atoms with Crippen molar-refractivity contribution in [1.82, 2.24) is 34.7 Å². The molecule has 0 spiro atoms. The summed E-state index contributed by atoms with van der Waals surface area (Å²) in [6.07, 6.45) is 4.24. The van der Waals surface area contributed by atoms with Gasteiger partial charge in [-0.2, -0.15) is 5.10 Å². The zero-order valence-corrected chi connectivity index (χ0v) is 16.5. The molecule has 0 saturated heterocycles. The summed E-state index contributed by atoms with van der Waals surface area (Å²) in [5, 5.41) is 12.7. The first-order chi connectivity index (χ1) is 14.0. The lowest BCUT2D eigenvalue weighted by atomic mass is 9.99. The maximum absolute atomic E-state index is 13.3. The minimum Gasteiger partial charge on any atom is -0.417 e. The molecule has 29 heavy (non-hydrogen) atoms. The number of aromatic amines is 1. The molecule has 1 atom stereocenters. The third-order valence-electron chi connectivity index (χ3n) is 5.32. The smallest absolute Gasteiger partial charge is 0.312 e. The van der Waals surface area contributed by atoms with E-state index in [2.05, 4.69) is 20.2 Å². The number of hydrogen-bond donors (Lipinski definition) is 1. The van der Waals surface area contributed by atoms with Crippen LogP contribution in [0.4, 0.5) is 0 Å². The maximum atomic E-state index is 13.3. The molecule has 5 rings (SSSR count). The van der Waals surface area contributed by atoms with E-state index in [4.69, 9.17) is 9.52 Å². The van der Waals surface area contributed by atoms with Gasteiger partial charge in [0.25, 0.3) is 0 Å². The molecule has 0 unspecified atom stereocenters. The lowest BCUT2D eigenvalue weighted by molar-refractivity contribution is 0.0643. The van der Waals surface area contributed by atoms with Crippen molar-refractivity contribution in [1.29, 1.82) is 0 Å². The van der Waals surface area contributed by atoms with Crippen LogP contribution in [0.5, 0.6) is 0 Å². The Bertz CT molecular complexity index is 1200. The second-order valence-electron chi connectivity index (χ2n) is 7.61. The molecule has 148 valence electrons. The third kappa shape index (κ3) is 2.81. The zero-order valence-electron chi connectivity index (χ0n) is 16.5. The van der Waals surface area contributed by atoms with Crippen LogP contribution in [0.2, 0.25) is 0 Å². The first-order valence-corrected chi connectivity index (χ1v) is 9.64. The maximum Gasteiger partial charge on any atom is 0.312 e. The van der Waals surface area contributed by atoms with Gasteiger partial charge in [-0.25, -0.2) is 9.50 Å². The van der Waals surface area contributed by atoms with Crippen molar-refractivity contribution in [2.45, 2.75) is 39.2 Å². The van der Waals surface area contributed by atoms with Crippen LogP contribution in [-0.2, 0) is 6.42 Å². The van der Waals surface area contributed by atoms with E-state index in [1.54, 1.807) is 11.2 Å². The normalized spacial score (nSPS) is 16.6. The number of pyridine rings is 1. The Kier molecular flexibility index (Phi) is 3.97. The summed E-state index contributed by atoms with van der Waals surface area (Å²) in [7, 11) is 0. The number of carbonyl (C=O) groups is 1. The first-order valence-electron chi connectivity index (χ1n) is 9.64. The predicted molar refractivity (Wildman–Crippen MR) is 103 cm³/mol. The molecule has 1 amide bonds. The second kappa shape index (κ2) is 6.54. The van der Waals surface area contributed by atoms with Crippen LogP contribution in [0.25, 0.3) is 5.52 Å². The number of imidazole rings is 1. The van der Waals surface area contributed by atoms with E-state index < -0.39 is 6.04 Å². The van der Waals surface area contributed by atoms with Gasteiger partial charge in [0.15, 0.2) is 0 Å². The summed E-state index contributed by atoms with van der Waals surface area (Å²) < 4.78 is 7.46. The molecule has 0 bridgehead atoms. The highest BCUT2D eigenvalue weighted by Crippen LogP contribution is 2.34. The number of aromatic nitrogens is 6. The Morgan fingerprint density at radius 2 is 2.21 bits per heavy atom. The van der Waals surface area contributed by atoms with Crippen molar-refractivity contribution in [2.75, 3.05) is 6.54 Å². The summed E-state index contributed by atoms with van der Waals surface area (Å²) in [5.74, 6) is 0.195. The number of carbonyl (C=O) groups excluding carboxylic acids is 1. The van der Waals surface area contributed by atoms with E-state index in [0.717, 1.165) is 28.2 Å². The highest BCUT2D eigenvalue weighted by molar-refractivity contribution is 5.90. The third-order valence-corrected chi connectivity index (χ3v) is 5.32. The van der Waals surface area contributed by atoms with E-state index in [9.17, 15) is 4.79 Å². The molecule has 4 aromatic rings. The molecular formula is C20H21N7O2. The minimum atomic E-state index is -0.425. The van der Waals surface area contributed by atoms with Gasteiger partial charge in [-0.1, -0.05) is 19.9 Å². The number of amides is 1. The highest BCUT2D eigenvalue weighted by atomic mass is 16.4. The van der Waals surface area contributed by atoms with Crippen LogP contribution in [0.3, 0.4) is 0 Å². The Labute approximate surface area is 166 Å². The molecule has 4 aromatic heterocycles. The van der Waals surface area contributed by atoms with Crippen LogP contribution < -0.4 is 0 Å². The number of rotatable bonds is 3. The van der Waals surface area contributed by atoms with Crippen LogP contribution >= 0.6 is 0 Å². The Hall–Kier alpha value is -3.49. The molecule has 0 saturated carbocycles. The number of nitrogens with zero attached hydrogens (tertiary/aromatic N) is 6. The van der Waals surface area contributed by atoms with Gasteiger partial charge in [-0.15, -0.1) is 10.2 Å². The fourth-order valence-electron chi connectivity index (χ4n) is 3.78. The van der Waals surface area contributed by atoms with Gasteiger partial charge in [0.1, 0.15) is 6.04 Å². The lowest BCUT2D eigenvalue weighted by Crippen LogP contribution is -2.41. The highest BCUT2D eigenvalue weighted by Gasteiger charge is 2.38. The van der Waals surface area contributed by atoms with Crippen molar-refractivity contribution in [3.63, 3.8) is 0 Å². The predicted octanol–water partition coefficient (Wildman–Crippen LogP) is 2.66. The van der Waals surface area contributed by atoms with Crippen molar-refractivity contribution < 1.29 is 9.21 Å². The van der Waals surface area contributed by atoms with Gasteiger partial charge >= 0.3 is 11.8 Å². The summed E-state index contributed by atoms with van der Waals surface area (Å²) >= 11 is 0. The SMILES string of the molecule is Cc1cccn2nc([C@@H]3c4nc[nH]c4CCN3C(=O)c3nnc(C(C)C)o3)cc12. The number of H-pyrrole nitrogens is 1. The van der Waals surface area contributed by atoms with E-state index in [1.807, 2.05) is 49.7 Å². The van der Waals surface area contributed by atoms with Gasteiger partial charge in [0, 0.05) is 30.8 Å². The van der Waals surface area contributed by atoms with Gasteiger partial charge in [0.05, 0.1) is 23.2 Å². The Morgan fingerprint density at radius 3 is 2.97 bits per heavy atom. The quantitative estimate of drug-likeness (QED) is 0.576. The van der Waals surface area contributed by atoms with Crippen molar-refractivity contribution in [2.24, 2.45) is 0 Å². The van der Waals surface area contributed by atoms with Gasteiger partial charge < -0.3 is 14.3 Å². The van der Waals surface area contributed by atoms with E-state index in [1.165, 1.54) is 0 Å². The van der Waals surface area contributed by atoms with Gasteiger partial charge in [-0.3, -0.25) is 4.79 Å².